The number of aliphatic hydroxyl groups excluding tert-OH is 1. The number of nitrogens with one attached hydrogen (secondary N) is 2. The summed E-state index contributed by atoms with van der Waals surface area (Å²) in [7, 11) is 0. The number of hydrogen-bond donors (Lipinski definition) is 3. The van der Waals surface area contributed by atoms with E-state index >= 15 is 0 Å². The predicted molar refractivity (Wildman–Crippen MR) is 89.0 cm³/mol. The fourth-order valence-electron chi connectivity index (χ4n) is 1.95. The van der Waals surface area contributed by atoms with Crippen molar-refractivity contribution in [2.24, 2.45) is 5.92 Å². The van der Waals surface area contributed by atoms with Crippen molar-refractivity contribution in [2.75, 3.05) is 23.8 Å². The van der Waals surface area contributed by atoms with Crippen molar-refractivity contribution in [3.63, 3.8) is 0 Å². The van der Waals surface area contributed by atoms with Gasteiger partial charge in [-0.2, -0.15) is 0 Å². The van der Waals surface area contributed by atoms with Crippen LogP contribution in [0, 0.1) is 12.8 Å². The van der Waals surface area contributed by atoms with Crippen molar-refractivity contribution < 1.29 is 5.11 Å². The third-order valence-electron chi connectivity index (χ3n) is 3.55. The molecule has 0 aromatic carbocycles. The SMILES string of the molecule is CCCNc1nc(C(C)C)nc(N[C@H](CO)C(C)C)c1C. The molecule has 3 N–H and O–H groups in total. The van der Waals surface area contributed by atoms with E-state index < -0.39 is 0 Å². The van der Waals surface area contributed by atoms with E-state index in [0.29, 0.717) is 5.92 Å². The van der Waals surface area contributed by atoms with Crippen LogP contribution < -0.4 is 10.6 Å². The maximum atomic E-state index is 9.52. The molecule has 5 nitrogen and oxygen atoms in total. The van der Waals surface area contributed by atoms with E-state index in [9.17, 15) is 5.11 Å². The molecule has 0 bridgehead atoms. The zero-order valence-corrected chi connectivity index (χ0v) is 14.2. The number of rotatable bonds is 8. The second-order valence-corrected chi connectivity index (χ2v) is 6.16. The molecule has 0 spiro atoms. The summed E-state index contributed by atoms with van der Waals surface area (Å²) in [5.74, 6) is 3.12. The largest absolute Gasteiger partial charge is 0.394 e. The van der Waals surface area contributed by atoms with Crippen LogP contribution in [-0.4, -0.2) is 34.3 Å². The molecule has 0 aliphatic carbocycles. The monoisotopic (exact) mass is 294 g/mol. The molecular weight excluding hydrogens is 264 g/mol. The third kappa shape index (κ3) is 4.84. The summed E-state index contributed by atoms with van der Waals surface area (Å²) >= 11 is 0. The van der Waals surface area contributed by atoms with Gasteiger partial charge in [0.2, 0.25) is 0 Å². The van der Waals surface area contributed by atoms with Gasteiger partial charge in [0, 0.05) is 18.0 Å². The van der Waals surface area contributed by atoms with Crippen molar-refractivity contribution >= 4 is 11.6 Å². The van der Waals surface area contributed by atoms with Crippen LogP contribution in [0.5, 0.6) is 0 Å². The van der Waals surface area contributed by atoms with Crippen LogP contribution in [0.25, 0.3) is 0 Å². The lowest BCUT2D eigenvalue weighted by Gasteiger charge is -2.23. The van der Waals surface area contributed by atoms with Gasteiger partial charge >= 0.3 is 0 Å². The van der Waals surface area contributed by atoms with Gasteiger partial charge in [0.15, 0.2) is 0 Å². The molecule has 0 radical (unpaired) electrons. The molecule has 0 aliphatic heterocycles. The zero-order chi connectivity index (χ0) is 16.0. The lowest BCUT2D eigenvalue weighted by molar-refractivity contribution is 0.249. The quantitative estimate of drug-likeness (QED) is 0.687. The first-order valence-corrected chi connectivity index (χ1v) is 7.90. The topological polar surface area (TPSA) is 70.1 Å². The first-order valence-electron chi connectivity index (χ1n) is 7.90. The summed E-state index contributed by atoms with van der Waals surface area (Å²) in [5, 5.41) is 16.2. The van der Waals surface area contributed by atoms with Crippen molar-refractivity contribution in [1.82, 2.24) is 9.97 Å². The van der Waals surface area contributed by atoms with Gasteiger partial charge in [0.1, 0.15) is 17.5 Å². The van der Waals surface area contributed by atoms with Crippen LogP contribution in [-0.2, 0) is 0 Å². The molecule has 1 heterocycles. The summed E-state index contributed by atoms with van der Waals surface area (Å²) in [6.07, 6.45) is 1.05. The van der Waals surface area contributed by atoms with Crippen molar-refractivity contribution in [1.29, 1.82) is 0 Å². The van der Waals surface area contributed by atoms with Gasteiger partial charge < -0.3 is 15.7 Å². The highest BCUT2D eigenvalue weighted by molar-refractivity contribution is 5.57. The normalized spacial score (nSPS) is 12.8. The summed E-state index contributed by atoms with van der Waals surface area (Å²) < 4.78 is 0. The Morgan fingerprint density at radius 1 is 1.10 bits per heavy atom. The molecule has 1 atom stereocenters. The molecular formula is C16H30N4O. The Bertz CT molecular complexity index is 446. The van der Waals surface area contributed by atoms with E-state index in [1.807, 2.05) is 6.92 Å². The summed E-state index contributed by atoms with van der Waals surface area (Å²) in [6.45, 7) is 13.5. The zero-order valence-electron chi connectivity index (χ0n) is 14.2. The van der Waals surface area contributed by atoms with Crippen molar-refractivity contribution in [3.05, 3.63) is 11.4 Å². The Morgan fingerprint density at radius 3 is 2.19 bits per heavy atom. The molecule has 0 amide bonds. The average molecular weight is 294 g/mol. The van der Waals surface area contributed by atoms with Crippen molar-refractivity contribution in [2.45, 2.75) is 59.9 Å². The molecule has 0 fully saturated rings. The smallest absolute Gasteiger partial charge is 0.135 e. The second kappa shape index (κ2) is 8.17. The number of aliphatic hydroxyl groups is 1. The highest BCUT2D eigenvalue weighted by Gasteiger charge is 2.17. The number of anilines is 2. The lowest BCUT2D eigenvalue weighted by atomic mass is 10.1. The Labute approximate surface area is 128 Å². The summed E-state index contributed by atoms with van der Waals surface area (Å²) in [4.78, 5) is 9.26. The Kier molecular flexibility index (Phi) is 6.89. The minimum absolute atomic E-state index is 0.00219. The van der Waals surface area contributed by atoms with E-state index in [0.717, 1.165) is 36.0 Å². The van der Waals surface area contributed by atoms with Crippen LogP contribution >= 0.6 is 0 Å². The van der Waals surface area contributed by atoms with Crippen molar-refractivity contribution in [3.8, 4) is 0 Å². The Balaban J connectivity index is 3.13. The first kappa shape index (κ1) is 17.7. The molecule has 1 aromatic heterocycles. The van der Waals surface area contributed by atoms with Gasteiger partial charge in [0.05, 0.1) is 12.6 Å². The van der Waals surface area contributed by atoms with E-state index in [2.05, 4.69) is 55.2 Å². The fourth-order valence-corrected chi connectivity index (χ4v) is 1.95. The molecule has 1 rings (SSSR count). The van der Waals surface area contributed by atoms with Crippen LogP contribution in [0.2, 0.25) is 0 Å². The molecule has 5 heteroatoms. The van der Waals surface area contributed by atoms with Crippen LogP contribution in [0.3, 0.4) is 0 Å². The minimum Gasteiger partial charge on any atom is -0.394 e. The number of hydrogen-bond acceptors (Lipinski definition) is 5. The van der Waals surface area contributed by atoms with Crippen LogP contribution in [0.4, 0.5) is 11.6 Å². The van der Waals surface area contributed by atoms with E-state index in [1.54, 1.807) is 0 Å². The van der Waals surface area contributed by atoms with Gasteiger partial charge in [-0.25, -0.2) is 9.97 Å². The number of nitrogens with zero attached hydrogens (tertiary/aromatic N) is 2. The van der Waals surface area contributed by atoms with E-state index in [1.165, 1.54) is 0 Å². The van der Waals surface area contributed by atoms with Gasteiger partial charge in [0.25, 0.3) is 0 Å². The summed E-state index contributed by atoms with van der Waals surface area (Å²) in [5.41, 5.74) is 1.01. The first-order chi connectivity index (χ1) is 9.90. The van der Waals surface area contributed by atoms with E-state index in [-0.39, 0.29) is 18.6 Å². The van der Waals surface area contributed by atoms with Gasteiger partial charge in [-0.3, -0.25) is 0 Å². The maximum Gasteiger partial charge on any atom is 0.135 e. The number of aromatic nitrogens is 2. The molecule has 120 valence electrons. The Hall–Kier alpha value is -1.36. The summed E-state index contributed by atoms with van der Waals surface area (Å²) in [6, 6.07) is -0.00219. The lowest BCUT2D eigenvalue weighted by Crippen LogP contribution is -2.30. The fraction of sp³-hybridized carbons (Fsp3) is 0.750. The molecule has 0 aliphatic rings. The molecule has 1 aromatic rings. The maximum absolute atomic E-state index is 9.52. The highest BCUT2D eigenvalue weighted by atomic mass is 16.3. The van der Waals surface area contributed by atoms with Crippen LogP contribution in [0.1, 0.15) is 58.3 Å². The highest BCUT2D eigenvalue weighted by Crippen LogP contribution is 2.24. The molecule has 0 saturated heterocycles. The molecule has 21 heavy (non-hydrogen) atoms. The third-order valence-corrected chi connectivity index (χ3v) is 3.55. The van der Waals surface area contributed by atoms with Gasteiger partial charge in [-0.1, -0.05) is 34.6 Å². The average Bonchev–Trinajstić information content (AvgIpc) is 2.44. The van der Waals surface area contributed by atoms with E-state index in [4.69, 9.17) is 0 Å². The van der Waals surface area contributed by atoms with Crippen LogP contribution in [0.15, 0.2) is 0 Å². The second-order valence-electron chi connectivity index (χ2n) is 6.16. The minimum atomic E-state index is -0.00219. The van der Waals surface area contributed by atoms with Gasteiger partial charge in [-0.05, 0) is 19.3 Å². The molecule has 0 saturated carbocycles. The Morgan fingerprint density at radius 2 is 1.71 bits per heavy atom. The van der Waals surface area contributed by atoms with Gasteiger partial charge in [-0.15, -0.1) is 0 Å². The molecule has 0 unspecified atom stereocenters. The predicted octanol–water partition coefficient (Wildman–Crippen LogP) is 3.16. The standard InChI is InChI=1S/C16H30N4O/c1-7-8-17-15-12(6)16(18-13(9-21)10(2)3)20-14(19-15)11(4)5/h10-11,13,21H,7-9H2,1-6H3,(H2,17,18,19,20)/t13-/m1/s1.